The van der Waals surface area contributed by atoms with Crippen molar-refractivity contribution in [2.45, 2.75) is 6.54 Å². The zero-order chi connectivity index (χ0) is 17.9. The van der Waals surface area contributed by atoms with Gasteiger partial charge in [-0.1, -0.05) is 41.9 Å². The third-order valence-electron chi connectivity index (χ3n) is 4.11. The van der Waals surface area contributed by atoms with Gasteiger partial charge in [-0.15, -0.1) is 0 Å². The predicted octanol–water partition coefficient (Wildman–Crippen LogP) is 4.89. The Morgan fingerprint density at radius 3 is 2.50 bits per heavy atom. The van der Waals surface area contributed by atoms with Crippen molar-refractivity contribution in [2.75, 3.05) is 12.4 Å². The van der Waals surface area contributed by atoms with E-state index in [0.29, 0.717) is 17.6 Å². The highest BCUT2D eigenvalue weighted by Crippen LogP contribution is 2.25. The molecule has 6 heteroatoms. The maximum Gasteiger partial charge on any atom is 0.229 e. The molecule has 0 atom stereocenters. The van der Waals surface area contributed by atoms with Crippen molar-refractivity contribution >= 4 is 34.3 Å². The van der Waals surface area contributed by atoms with Crippen LogP contribution in [0.2, 0.25) is 5.15 Å². The van der Waals surface area contributed by atoms with Crippen molar-refractivity contribution in [3.63, 3.8) is 0 Å². The highest BCUT2D eigenvalue weighted by atomic mass is 35.5. The lowest BCUT2D eigenvalue weighted by Crippen LogP contribution is -2.02. The number of nitrogens with zero attached hydrogens (tertiary/aromatic N) is 3. The maximum absolute atomic E-state index is 6.46. The first-order valence-electron chi connectivity index (χ1n) is 8.20. The summed E-state index contributed by atoms with van der Waals surface area (Å²) in [5.74, 6) is 1.32. The number of anilines is 2. The van der Waals surface area contributed by atoms with Gasteiger partial charge in [0.05, 0.1) is 12.6 Å². The molecule has 5 nitrogen and oxygen atoms in total. The lowest BCUT2D eigenvalue weighted by atomic mass is 10.2. The molecule has 1 N–H and O–H groups in total. The zero-order valence-electron chi connectivity index (χ0n) is 14.2. The number of hydrogen-bond acceptors (Lipinski definition) is 4. The summed E-state index contributed by atoms with van der Waals surface area (Å²) >= 11 is 6.46. The molecule has 2 aromatic heterocycles. The van der Waals surface area contributed by atoms with Gasteiger partial charge in [0, 0.05) is 18.4 Å². The molecule has 2 aromatic carbocycles. The van der Waals surface area contributed by atoms with Gasteiger partial charge in [0.1, 0.15) is 11.3 Å². The average Bonchev–Trinajstić information content (AvgIpc) is 3.06. The molecule has 0 aliphatic carbocycles. The van der Waals surface area contributed by atoms with E-state index in [9.17, 15) is 0 Å². The number of methoxy groups -OCH3 is 1. The highest BCUT2D eigenvalue weighted by molar-refractivity contribution is 6.33. The van der Waals surface area contributed by atoms with Crippen LogP contribution in [0.4, 0.5) is 11.6 Å². The third kappa shape index (κ3) is 3.34. The van der Waals surface area contributed by atoms with Gasteiger partial charge in [-0.25, -0.2) is 4.98 Å². The molecule has 0 unspecified atom stereocenters. The molecule has 0 fully saturated rings. The molecule has 130 valence electrons. The minimum atomic E-state index is 0.423. The summed E-state index contributed by atoms with van der Waals surface area (Å²) in [6.45, 7) is 0.683. The molecule has 0 aliphatic rings. The third-order valence-corrected chi connectivity index (χ3v) is 4.37. The summed E-state index contributed by atoms with van der Waals surface area (Å²) in [7, 11) is 1.66. The van der Waals surface area contributed by atoms with Crippen LogP contribution in [-0.4, -0.2) is 21.6 Å². The second-order valence-corrected chi connectivity index (χ2v) is 6.21. The summed E-state index contributed by atoms with van der Waals surface area (Å²) in [6.07, 6.45) is 1.97. The second kappa shape index (κ2) is 7.06. The van der Waals surface area contributed by atoms with E-state index < -0.39 is 0 Å². The Bertz CT molecular complexity index is 1030. The van der Waals surface area contributed by atoms with Crippen LogP contribution in [0.3, 0.4) is 0 Å². The fourth-order valence-electron chi connectivity index (χ4n) is 2.83. The Labute approximate surface area is 156 Å². The summed E-state index contributed by atoms with van der Waals surface area (Å²) in [5.41, 5.74) is 3.68. The number of para-hydroxylation sites is 1. The van der Waals surface area contributed by atoms with E-state index in [-0.39, 0.29) is 0 Å². The number of hydrogen-bond donors (Lipinski definition) is 1. The molecule has 0 saturated carbocycles. The Morgan fingerprint density at radius 2 is 1.77 bits per heavy atom. The molecule has 0 amide bonds. The van der Waals surface area contributed by atoms with Gasteiger partial charge in [0.2, 0.25) is 5.95 Å². The monoisotopic (exact) mass is 364 g/mol. The largest absolute Gasteiger partial charge is 0.497 e. The van der Waals surface area contributed by atoms with Gasteiger partial charge in [0.25, 0.3) is 0 Å². The molecule has 0 aliphatic heterocycles. The fourth-order valence-corrected chi connectivity index (χ4v) is 3.11. The van der Waals surface area contributed by atoms with Gasteiger partial charge >= 0.3 is 0 Å². The number of halogens is 1. The Hall–Kier alpha value is -3.05. The Morgan fingerprint density at radius 1 is 1.00 bits per heavy atom. The molecular weight excluding hydrogens is 348 g/mol. The van der Waals surface area contributed by atoms with Crippen molar-refractivity contribution in [3.05, 3.63) is 77.6 Å². The lowest BCUT2D eigenvalue weighted by Gasteiger charge is -2.09. The van der Waals surface area contributed by atoms with Gasteiger partial charge in [-0.3, -0.25) is 0 Å². The average molecular weight is 365 g/mol. The first-order valence-corrected chi connectivity index (χ1v) is 8.58. The van der Waals surface area contributed by atoms with Crippen LogP contribution >= 0.6 is 11.6 Å². The topological polar surface area (TPSA) is 52.0 Å². The van der Waals surface area contributed by atoms with Crippen LogP contribution in [0.1, 0.15) is 5.56 Å². The van der Waals surface area contributed by atoms with E-state index in [1.54, 1.807) is 7.11 Å². The van der Waals surface area contributed by atoms with Crippen molar-refractivity contribution in [1.29, 1.82) is 0 Å². The number of nitrogens with one attached hydrogen (secondary N) is 1. The van der Waals surface area contributed by atoms with Crippen LogP contribution in [0, 0.1) is 0 Å². The summed E-state index contributed by atoms with van der Waals surface area (Å²) in [5, 5.41) is 3.60. The van der Waals surface area contributed by atoms with Crippen LogP contribution in [0.25, 0.3) is 11.0 Å². The molecule has 0 radical (unpaired) electrons. The number of ether oxygens (including phenoxy) is 1. The highest BCUT2D eigenvalue weighted by Gasteiger charge is 2.11. The van der Waals surface area contributed by atoms with Crippen LogP contribution < -0.4 is 10.1 Å². The van der Waals surface area contributed by atoms with Gasteiger partial charge in [0.15, 0.2) is 5.15 Å². The number of rotatable bonds is 5. The number of benzene rings is 2. The minimum absolute atomic E-state index is 0.423. The Balaban J connectivity index is 1.63. The summed E-state index contributed by atoms with van der Waals surface area (Å²) in [6, 6.07) is 19.7. The van der Waals surface area contributed by atoms with Crippen molar-refractivity contribution in [2.24, 2.45) is 0 Å². The Kier molecular flexibility index (Phi) is 4.46. The lowest BCUT2D eigenvalue weighted by molar-refractivity contribution is 0.414. The van der Waals surface area contributed by atoms with Gasteiger partial charge in [-0.05, 0) is 35.9 Å². The standard InChI is InChI=1S/C20H17ClN4O/c1-26-16-9-7-14(8-10-16)13-25-12-11-17-18(25)19(21)24-20(23-17)22-15-5-3-2-4-6-15/h2-12H,13H2,1H3,(H,22,23,24). The van der Waals surface area contributed by atoms with Crippen LogP contribution in [-0.2, 0) is 6.54 Å². The van der Waals surface area contributed by atoms with Crippen LogP contribution in [0.5, 0.6) is 5.75 Å². The normalized spacial score (nSPS) is 10.8. The zero-order valence-corrected chi connectivity index (χ0v) is 14.9. The number of aromatic nitrogens is 3. The molecular formula is C20H17ClN4O. The van der Waals surface area contributed by atoms with Crippen molar-refractivity contribution in [1.82, 2.24) is 14.5 Å². The predicted molar refractivity (Wildman–Crippen MR) is 104 cm³/mol. The van der Waals surface area contributed by atoms with Crippen molar-refractivity contribution in [3.8, 4) is 5.75 Å². The molecule has 26 heavy (non-hydrogen) atoms. The van der Waals surface area contributed by atoms with E-state index in [1.807, 2.05) is 71.4 Å². The molecule has 0 saturated heterocycles. The molecule has 4 rings (SSSR count). The maximum atomic E-state index is 6.46. The van der Waals surface area contributed by atoms with Crippen molar-refractivity contribution < 1.29 is 4.74 Å². The fraction of sp³-hybridized carbons (Fsp3) is 0.100. The van der Waals surface area contributed by atoms with E-state index in [2.05, 4.69) is 15.3 Å². The van der Waals surface area contributed by atoms with E-state index >= 15 is 0 Å². The molecule has 4 aromatic rings. The summed E-state index contributed by atoms with van der Waals surface area (Å²) < 4.78 is 7.25. The van der Waals surface area contributed by atoms with Gasteiger partial charge in [-0.2, -0.15) is 4.98 Å². The van der Waals surface area contributed by atoms with E-state index in [0.717, 1.165) is 28.0 Å². The SMILES string of the molecule is COc1ccc(Cn2ccc3nc(Nc4ccccc4)nc(Cl)c32)cc1. The molecule has 2 heterocycles. The molecule has 0 spiro atoms. The summed E-state index contributed by atoms with van der Waals surface area (Å²) in [4.78, 5) is 8.97. The first kappa shape index (κ1) is 16.4. The number of fused-ring (bicyclic) bond motifs is 1. The quantitative estimate of drug-likeness (QED) is 0.512. The van der Waals surface area contributed by atoms with Gasteiger partial charge < -0.3 is 14.6 Å². The first-order chi connectivity index (χ1) is 12.7. The smallest absolute Gasteiger partial charge is 0.229 e. The molecule has 0 bridgehead atoms. The second-order valence-electron chi connectivity index (χ2n) is 5.85. The minimum Gasteiger partial charge on any atom is -0.497 e. The van der Waals surface area contributed by atoms with E-state index in [1.165, 1.54) is 0 Å². The van der Waals surface area contributed by atoms with E-state index in [4.69, 9.17) is 16.3 Å². The van der Waals surface area contributed by atoms with Crippen LogP contribution in [0.15, 0.2) is 66.9 Å².